The summed E-state index contributed by atoms with van der Waals surface area (Å²) >= 11 is 6.01. The van der Waals surface area contributed by atoms with Crippen LogP contribution < -0.4 is 9.03 Å². The van der Waals surface area contributed by atoms with Gasteiger partial charge in [-0.1, -0.05) is 24.6 Å². The molecule has 1 atom stereocenters. The number of anilines is 2. The fourth-order valence-corrected chi connectivity index (χ4v) is 5.77. The number of amides is 1. The van der Waals surface area contributed by atoms with E-state index in [1.165, 1.54) is 37.3 Å². The van der Waals surface area contributed by atoms with Gasteiger partial charge in [-0.25, -0.2) is 21.1 Å². The molecule has 10 heteroatoms. The zero-order chi connectivity index (χ0) is 20.0. The average molecular weight is 429 g/mol. The number of benzene rings is 2. The highest BCUT2D eigenvalue weighted by Crippen LogP contribution is 2.29. The van der Waals surface area contributed by atoms with E-state index >= 15 is 0 Å². The van der Waals surface area contributed by atoms with Crippen molar-refractivity contribution in [3.05, 3.63) is 53.1 Å². The summed E-state index contributed by atoms with van der Waals surface area (Å²) in [5, 5.41) is 0.428. The van der Waals surface area contributed by atoms with Crippen LogP contribution in [0.4, 0.5) is 11.4 Å². The molecule has 7 nitrogen and oxygen atoms in total. The van der Waals surface area contributed by atoms with Crippen LogP contribution in [0.25, 0.3) is 0 Å². The van der Waals surface area contributed by atoms with Crippen LogP contribution in [0.15, 0.2) is 47.4 Å². The lowest BCUT2D eigenvalue weighted by Gasteiger charge is -2.16. The highest BCUT2D eigenvalue weighted by molar-refractivity contribution is 7.94. The summed E-state index contributed by atoms with van der Waals surface area (Å²) < 4.78 is 52.4. The standard InChI is InChI=1S/C17H17ClN2O5S2/c1-11-3-4-13(9-16(11)18)19-27(24,25)15-7-5-14(6-8-15)20-17(21)12(2)10-26(20,22)23/h3-9,12,19H,10H2,1-2H3. The minimum atomic E-state index is -3.90. The van der Waals surface area contributed by atoms with Gasteiger partial charge in [-0.15, -0.1) is 0 Å². The van der Waals surface area contributed by atoms with Gasteiger partial charge in [0.25, 0.3) is 10.0 Å². The SMILES string of the molecule is Cc1ccc(NS(=O)(=O)c2ccc(N3C(=O)C(C)CS3(=O)=O)cc2)cc1Cl. The third-order valence-corrected chi connectivity index (χ3v) is 7.84. The molecular weight excluding hydrogens is 412 g/mol. The zero-order valence-corrected chi connectivity index (χ0v) is 16.9. The molecule has 0 saturated carbocycles. The van der Waals surface area contributed by atoms with Gasteiger partial charge >= 0.3 is 0 Å². The monoisotopic (exact) mass is 428 g/mol. The number of hydrogen-bond acceptors (Lipinski definition) is 5. The molecule has 1 saturated heterocycles. The van der Waals surface area contributed by atoms with Crippen LogP contribution in [0.1, 0.15) is 12.5 Å². The third kappa shape index (κ3) is 3.80. The molecule has 144 valence electrons. The Labute approximate surface area is 163 Å². The maximum absolute atomic E-state index is 12.5. The Morgan fingerprint density at radius 1 is 1.15 bits per heavy atom. The lowest BCUT2D eigenvalue weighted by molar-refractivity contribution is -0.119. The molecule has 1 fully saturated rings. The van der Waals surface area contributed by atoms with Gasteiger partial charge in [-0.2, -0.15) is 0 Å². The summed E-state index contributed by atoms with van der Waals surface area (Å²) in [6, 6.07) is 9.87. The Morgan fingerprint density at radius 3 is 2.30 bits per heavy atom. The van der Waals surface area contributed by atoms with Crippen molar-refractivity contribution in [3.8, 4) is 0 Å². The van der Waals surface area contributed by atoms with E-state index in [0.29, 0.717) is 10.7 Å². The molecule has 0 bridgehead atoms. The largest absolute Gasteiger partial charge is 0.280 e. The Bertz CT molecular complexity index is 1110. The number of hydrogen-bond donors (Lipinski definition) is 1. The molecule has 27 heavy (non-hydrogen) atoms. The zero-order valence-electron chi connectivity index (χ0n) is 14.5. The molecule has 1 unspecified atom stereocenters. The van der Waals surface area contributed by atoms with E-state index in [2.05, 4.69) is 4.72 Å². The van der Waals surface area contributed by atoms with E-state index in [1.807, 2.05) is 0 Å². The van der Waals surface area contributed by atoms with Crippen LogP contribution in [-0.2, 0) is 24.8 Å². The predicted molar refractivity (Wildman–Crippen MR) is 104 cm³/mol. The third-order valence-electron chi connectivity index (χ3n) is 4.17. The number of carbonyl (C=O) groups is 1. The first-order valence-corrected chi connectivity index (χ1v) is 11.4. The number of aryl methyl sites for hydroxylation is 1. The van der Waals surface area contributed by atoms with Crippen molar-refractivity contribution in [1.29, 1.82) is 0 Å². The minimum absolute atomic E-state index is 0.0694. The topological polar surface area (TPSA) is 101 Å². The minimum Gasteiger partial charge on any atom is -0.280 e. The second-order valence-electron chi connectivity index (χ2n) is 6.35. The van der Waals surface area contributed by atoms with Gasteiger partial charge in [-0.05, 0) is 48.9 Å². The molecule has 0 radical (unpaired) electrons. The Hall–Kier alpha value is -2.10. The molecule has 0 aromatic heterocycles. The van der Waals surface area contributed by atoms with E-state index in [9.17, 15) is 21.6 Å². The smallest absolute Gasteiger partial charge is 0.261 e. The molecule has 1 heterocycles. The molecular formula is C17H17ClN2O5S2. The van der Waals surface area contributed by atoms with Crippen molar-refractivity contribution in [2.24, 2.45) is 5.92 Å². The second kappa shape index (κ2) is 6.81. The van der Waals surface area contributed by atoms with Crippen molar-refractivity contribution < 1.29 is 21.6 Å². The molecule has 1 amide bonds. The van der Waals surface area contributed by atoms with Crippen LogP contribution in [0, 0.1) is 12.8 Å². The number of sulfonamides is 2. The van der Waals surface area contributed by atoms with Crippen LogP contribution in [-0.4, -0.2) is 28.5 Å². The predicted octanol–water partition coefficient (Wildman–Crippen LogP) is 2.76. The van der Waals surface area contributed by atoms with E-state index in [1.54, 1.807) is 19.1 Å². The van der Waals surface area contributed by atoms with Crippen LogP contribution in [0.2, 0.25) is 5.02 Å². The molecule has 3 rings (SSSR count). The van der Waals surface area contributed by atoms with Gasteiger partial charge in [0.2, 0.25) is 15.9 Å². The highest BCUT2D eigenvalue weighted by Gasteiger charge is 2.41. The molecule has 0 aliphatic carbocycles. The van der Waals surface area contributed by atoms with Crippen molar-refractivity contribution in [2.45, 2.75) is 18.7 Å². The van der Waals surface area contributed by atoms with Gasteiger partial charge in [0, 0.05) is 5.02 Å². The number of rotatable bonds is 4. The van der Waals surface area contributed by atoms with Crippen LogP contribution in [0.3, 0.4) is 0 Å². The summed E-state index contributed by atoms with van der Waals surface area (Å²) in [7, 11) is -7.64. The quantitative estimate of drug-likeness (QED) is 0.806. The lowest BCUT2D eigenvalue weighted by atomic mass is 10.2. The molecule has 1 aliphatic rings. The summed E-state index contributed by atoms with van der Waals surface area (Å²) in [6.07, 6.45) is 0. The maximum Gasteiger partial charge on any atom is 0.261 e. The van der Waals surface area contributed by atoms with Crippen molar-refractivity contribution in [2.75, 3.05) is 14.8 Å². The molecule has 0 spiro atoms. The maximum atomic E-state index is 12.5. The lowest BCUT2D eigenvalue weighted by Crippen LogP contribution is -2.30. The molecule has 1 N–H and O–H groups in total. The Morgan fingerprint density at radius 2 is 1.78 bits per heavy atom. The van der Waals surface area contributed by atoms with Gasteiger partial charge in [-0.3, -0.25) is 9.52 Å². The van der Waals surface area contributed by atoms with Crippen molar-refractivity contribution >= 4 is 48.9 Å². The fraction of sp³-hybridized carbons (Fsp3) is 0.235. The first-order chi connectivity index (χ1) is 12.5. The molecule has 1 aliphatic heterocycles. The normalized spacial score (nSPS) is 19.3. The summed E-state index contributed by atoms with van der Waals surface area (Å²) in [6.45, 7) is 3.34. The number of carbonyl (C=O) groups excluding carboxylic acids is 1. The van der Waals surface area contributed by atoms with Crippen LogP contribution in [0.5, 0.6) is 0 Å². The summed E-state index contributed by atoms with van der Waals surface area (Å²) in [4.78, 5) is 12.0. The van der Waals surface area contributed by atoms with E-state index in [4.69, 9.17) is 11.6 Å². The fourth-order valence-electron chi connectivity index (χ4n) is 2.72. The van der Waals surface area contributed by atoms with E-state index < -0.39 is 31.9 Å². The Balaban J connectivity index is 1.88. The number of halogens is 1. The number of nitrogens with zero attached hydrogens (tertiary/aromatic N) is 1. The first-order valence-electron chi connectivity index (χ1n) is 7.97. The van der Waals surface area contributed by atoms with E-state index in [0.717, 1.165) is 9.87 Å². The van der Waals surface area contributed by atoms with Crippen LogP contribution >= 0.6 is 11.6 Å². The van der Waals surface area contributed by atoms with Crippen molar-refractivity contribution in [1.82, 2.24) is 0 Å². The Kier molecular flexibility index (Phi) is 4.96. The summed E-state index contributed by atoms with van der Waals surface area (Å²) in [5.41, 5.74) is 1.23. The molecule has 2 aromatic rings. The highest BCUT2D eigenvalue weighted by atomic mass is 35.5. The van der Waals surface area contributed by atoms with Gasteiger partial charge in [0.05, 0.1) is 27.9 Å². The molecule has 2 aromatic carbocycles. The number of nitrogens with one attached hydrogen (secondary N) is 1. The van der Waals surface area contributed by atoms with Gasteiger partial charge in [0.15, 0.2) is 0 Å². The van der Waals surface area contributed by atoms with E-state index in [-0.39, 0.29) is 16.3 Å². The van der Waals surface area contributed by atoms with Crippen molar-refractivity contribution in [3.63, 3.8) is 0 Å². The van der Waals surface area contributed by atoms with Gasteiger partial charge in [0.1, 0.15) is 0 Å². The average Bonchev–Trinajstić information content (AvgIpc) is 2.78. The van der Waals surface area contributed by atoms with Gasteiger partial charge < -0.3 is 0 Å². The first kappa shape index (κ1) is 19.7. The second-order valence-corrected chi connectivity index (χ2v) is 10.3. The summed E-state index contributed by atoms with van der Waals surface area (Å²) in [5.74, 6) is -1.42.